The predicted octanol–water partition coefficient (Wildman–Crippen LogP) is 4.58. The Hall–Kier alpha value is -2.52. The summed E-state index contributed by atoms with van der Waals surface area (Å²) in [7, 11) is 0. The molecular formula is C20H19ClN2O. The van der Waals surface area contributed by atoms with Gasteiger partial charge in [-0.3, -0.25) is 4.79 Å². The van der Waals surface area contributed by atoms with Gasteiger partial charge in [0, 0.05) is 34.2 Å². The second-order valence-electron chi connectivity index (χ2n) is 5.75. The van der Waals surface area contributed by atoms with Gasteiger partial charge in [0.2, 0.25) is 5.91 Å². The van der Waals surface area contributed by atoms with Crippen LogP contribution in [-0.2, 0) is 11.2 Å². The Bertz CT molecular complexity index is 881. The molecule has 0 aliphatic carbocycles. The molecule has 0 aliphatic heterocycles. The highest BCUT2D eigenvalue weighted by Gasteiger charge is 2.07. The molecule has 0 radical (unpaired) electrons. The van der Waals surface area contributed by atoms with E-state index in [1.165, 1.54) is 0 Å². The minimum absolute atomic E-state index is 0.0447. The first-order valence-electron chi connectivity index (χ1n) is 7.90. The number of benzene rings is 2. The lowest BCUT2D eigenvalue weighted by Crippen LogP contribution is -2.26. The minimum Gasteiger partial charge on any atom is -0.361 e. The maximum absolute atomic E-state index is 12.2. The van der Waals surface area contributed by atoms with E-state index >= 15 is 0 Å². The Labute approximate surface area is 146 Å². The topological polar surface area (TPSA) is 44.9 Å². The molecule has 1 amide bonds. The number of carbonyl (C=O) groups excluding carboxylic acids is 1. The second kappa shape index (κ2) is 7.37. The van der Waals surface area contributed by atoms with Crippen LogP contribution in [0.3, 0.4) is 0 Å². The first-order chi connectivity index (χ1) is 11.6. The quantitative estimate of drug-likeness (QED) is 0.657. The largest absolute Gasteiger partial charge is 0.361 e. The fourth-order valence-electron chi connectivity index (χ4n) is 2.67. The number of hydrogen-bond donors (Lipinski definition) is 2. The molecule has 3 rings (SSSR count). The number of fused-ring (bicyclic) bond motifs is 1. The van der Waals surface area contributed by atoms with Crippen molar-refractivity contribution in [2.24, 2.45) is 0 Å². The molecule has 0 fully saturated rings. The van der Waals surface area contributed by atoms with Crippen molar-refractivity contribution in [1.82, 2.24) is 10.3 Å². The zero-order valence-corrected chi connectivity index (χ0v) is 14.2. The van der Waals surface area contributed by atoms with E-state index in [0.717, 1.165) is 28.5 Å². The summed E-state index contributed by atoms with van der Waals surface area (Å²) in [6.07, 6.45) is 4.62. The number of aromatic nitrogens is 1. The Kier molecular flexibility index (Phi) is 5.02. The zero-order chi connectivity index (χ0) is 16.9. The van der Waals surface area contributed by atoms with Crippen LogP contribution in [0.5, 0.6) is 0 Å². The lowest BCUT2D eigenvalue weighted by atomic mass is 10.1. The molecule has 0 saturated carbocycles. The van der Waals surface area contributed by atoms with E-state index in [2.05, 4.69) is 10.3 Å². The van der Waals surface area contributed by atoms with Gasteiger partial charge in [-0.05, 0) is 48.7 Å². The average molecular weight is 339 g/mol. The van der Waals surface area contributed by atoms with Gasteiger partial charge in [0.1, 0.15) is 0 Å². The van der Waals surface area contributed by atoms with E-state index in [0.29, 0.717) is 17.1 Å². The third-order valence-corrected chi connectivity index (χ3v) is 4.19. The molecule has 3 nitrogen and oxygen atoms in total. The Morgan fingerprint density at radius 3 is 2.79 bits per heavy atom. The summed E-state index contributed by atoms with van der Waals surface area (Å²) in [5.74, 6) is -0.0447. The molecule has 0 spiro atoms. The van der Waals surface area contributed by atoms with Gasteiger partial charge in [-0.15, -0.1) is 0 Å². The lowest BCUT2D eigenvalue weighted by Gasteiger charge is -2.05. The van der Waals surface area contributed by atoms with Crippen LogP contribution in [0.1, 0.15) is 18.1 Å². The standard InChI is InChI=1S/C20H19ClN2O/c1-14(11-15-5-3-2-4-6-15)20(24)22-10-9-16-13-23-19-8-7-17(21)12-18(16)19/h2-8,11-13,23H,9-10H2,1H3,(H,22,24)/b14-11+. The van der Waals surface area contributed by atoms with Crippen molar-refractivity contribution in [2.75, 3.05) is 6.54 Å². The number of aromatic amines is 1. The summed E-state index contributed by atoms with van der Waals surface area (Å²) in [4.78, 5) is 15.4. The number of halogens is 1. The van der Waals surface area contributed by atoms with Gasteiger partial charge in [0.15, 0.2) is 0 Å². The highest BCUT2D eigenvalue weighted by atomic mass is 35.5. The summed E-state index contributed by atoms with van der Waals surface area (Å²) in [5, 5.41) is 4.79. The first-order valence-corrected chi connectivity index (χ1v) is 8.28. The molecule has 3 aromatic rings. The number of H-pyrrole nitrogens is 1. The molecular weight excluding hydrogens is 320 g/mol. The van der Waals surface area contributed by atoms with Crippen LogP contribution >= 0.6 is 11.6 Å². The van der Waals surface area contributed by atoms with Crippen LogP contribution in [0, 0.1) is 0 Å². The van der Waals surface area contributed by atoms with Gasteiger partial charge < -0.3 is 10.3 Å². The zero-order valence-electron chi connectivity index (χ0n) is 13.5. The van der Waals surface area contributed by atoms with Crippen LogP contribution in [-0.4, -0.2) is 17.4 Å². The Balaban J connectivity index is 1.60. The highest BCUT2D eigenvalue weighted by Crippen LogP contribution is 2.22. The van der Waals surface area contributed by atoms with E-state index in [1.807, 2.05) is 67.7 Å². The molecule has 24 heavy (non-hydrogen) atoms. The highest BCUT2D eigenvalue weighted by molar-refractivity contribution is 6.31. The molecule has 0 bridgehead atoms. The van der Waals surface area contributed by atoms with Crippen molar-refractivity contribution in [2.45, 2.75) is 13.3 Å². The maximum Gasteiger partial charge on any atom is 0.246 e. The van der Waals surface area contributed by atoms with Crippen molar-refractivity contribution in [1.29, 1.82) is 0 Å². The number of rotatable bonds is 5. The number of hydrogen-bond acceptors (Lipinski definition) is 1. The summed E-state index contributed by atoms with van der Waals surface area (Å²) >= 11 is 6.06. The summed E-state index contributed by atoms with van der Waals surface area (Å²) in [6, 6.07) is 15.6. The van der Waals surface area contributed by atoms with E-state index in [9.17, 15) is 4.79 Å². The van der Waals surface area contributed by atoms with E-state index in [4.69, 9.17) is 11.6 Å². The second-order valence-corrected chi connectivity index (χ2v) is 6.18. The molecule has 122 valence electrons. The summed E-state index contributed by atoms with van der Waals surface area (Å²) in [5.41, 5.74) is 3.93. The smallest absolute Gasteiger partial charge is 0.246 e. The Morgan fingerprint density at radius 1 is 1.21 bits per heavy atom. The molecule has 0 aliphatic rings. The van der Waals surface area contributed by atoms with Gasteiger partial charge in [-0.1, -0.05) is 41.9 Å². The third-order valence-electron chi connectivity index (χ3n) is 3.95. The van der Waals surface area contributed by atoms with Crippen LogP contribution in [0.25, 0.3) is 17.0 Å². The molecule has 2 N–H and O–H groups in total. The average Bonchev–Trinajstić information content (AvgIpc) is 2.98. The fourth-order valence-corrected chi connectivity index (χ4v) is 2.84. The van der Waals surface area contributed by atoms with Crippen molar-refractivity contribution >= 4 is 34.5 Å². The van der Waals surface area contributed by atoms with Gasteiger partial charge in [-0.25, -0.2) is 0 Å². The monoisotopic (exact) mass is 338 g/mol. The first kappa shape index (κ1) is 16.3. The molecule has 1 heterocycles. The third kappa shape index (κ3) is 3.87. The molecule has 4 heteroatoms. The van der Waals surface area contributed by atoms with Crippen LogP contribution < -0.4 is 5.32 Å². The van der Waals surface area contributed by atoms with E-state index in [-0.39, 0.29) is 5.91 Å². The van der Waals surface area contributed by atoms with Crippen molar-refractivity contribution < 1.29 is 4.79 Å². The normalized spacial score (nSPS) is 11.7. The van der Waals surface area contributed by atoms with Gasteiger partial charge in [0.05, 0.1) is 0 Å². The van der Waals surface area contributed by atoms with Crippen LogP contribution in [0.4, 0.5) is 0 Å². The van der Waals surface area contributed by atoms with Crippen molar-refractivity contribution in [3.63, 3.8) is 0 Å². The van der Waals surface area contributed by atoms with Gasteiger partial charge >= 0.3 is 0 Å². The fraction of sp³-hybridized carbons (Fsp3) is 0.150. The molecule has 0 atom stereocenters. The molecule has 0 saturated heterocycles. The molecule has 1 aromatic heterocycles. The van der Waals surface area contributed by atoms with Gasteiger partial charge in [0.25, 0.3) is 0 Å². The Morgan fingerprint density at radius 2 is 2.00 bits per heavy atom. The molecule has 0 unspecified atom stereocenters. The number of carbonyl (C=O) groups is 1. The number of amides is 1. The van der Waals surface area contributed by atoms with E-state index < -0.39 is 0 Å². The number of nitrogens with one attached hydrogen (secondary N) is 2. The predicted molar refractivity (Wildman–Crippen MR) is 100 cm³/mol. The minimum atomic E-state index is -0.0447. The maximum atomic E-state index is 12.2. The lowest BCUT2D eigenvalue weighted by molar-refractivity contribution is -0.117. The SMILES string of the molecule is C/C(=C\c1ccccc1)C(=O)NCCc1c[nH]c2ccc(Cl)cc12. The van der Waals surface area contributed by atoms with E-state index in [1.54, 1.807) is 0 Å². The van der Waals surface area contributed by atoms with Crippen LogP contribution in [0.2, 0.25) is 5.02 Å². The van der Waals surface area contributed by atoms with Crippen molar-refractivity contribution in [3.8, 4) is 0 Å². The summed E-state index contributed by atoms with van der Waals surface area (Å²) in [6.45, 7) is 2.41. The summed E-state index contributed by atoms with van der Waals surface area (Å²) < 4.78 is 0. The van der Waals surface area contributed by atoms with Crippen molar-refractivity contribution in [3.05, 3.63) is 76.5 Å². The molecule has 2 aromatic carbocycles. The van der Waals surface area contributed by atoms with Crippen LogP contribution in [0.15, 0.2) is 60.3 Å². The van der Waals surface area contributed by atoms with Gasteiger partial charge in [-0.2, -0.15) is 0 Å².